The molecule has 14 heavy (non-hydrogen) atoms. The van der Waals surface area contributed by atoms with Gasteiger partial charge in [-0.15, -0.1) is 0 Å². The van der Waals surface area contributed by atoms with Gasteiger partial charge in [-0.25, -0.2) is 4.79 Å². The lowest BCUT2D eigenvalue weighted by molar-refractivity contribution is -0.138. The first-order chi connectivity index (χ1) is 6.32. The number of carbonyl (C=O) groups is 1. The maximum atomic E-state index is 12.3. The Bertz CT molecular complexity index is 369. The number of benzene rings is 1. The lowest BCUT2D eigenvalue weighted by Gasteiger charge is -2.10. The molecule has 1 aromatic carbocycles. The van der Waals surface area contributed by atoms with Gasteiger partial charge in [-0.1, -0.05) is 11.6 Å². The molecule has 0 saturated heterocycles. The second kappa shape index (κ2) is 3.32. The van der Waals surface area contributed by atoms with Crippen LogP contribution in [0.2, 0.25) is 0 Å². The van der Waals surface area contributed by atoms with Crippen LogP contribution in [0.25, 0.3) is 0 Å². The number of halogens is 3. The summed E-state index contributed by atoms with van der Waals surface area (Å²) in [7, 11) is 0. The highest BCUT2D eigenvalue weighted by Crippen LogP contribution is 2.32. The number of aromatic carboxylic acids is 1. The van der Waals surface area contributed by atoms with Gasteiger partial charge in [0.1, 0.15) is 0 Å². The first-order valence-electron chi connectivity index (χ1n) is 3.73. The predicted octanol–water partition coefficient (Wildman–Crippen LogP) is 2.71. The molecular weight excluding hydrogens is 197 g/mol. The Kier molecular flexibility index (Phi) is 2.51. The molecule has 0 aliphatic heterocycles. The van der Waals surface area contributed by atoms with E-state index in [2.05, 4.69) is 0 Å². The second-order valence-corrected chi connectivity index (χ2v) is 2.85. The Hall–Kier alpha value is -1.52. The smallest absolute Gasteiger partial charge is 0.417 e. The molecule has 0 unspecified atom stereocenters. The molecule has 1 aromatic rings. The van der Waals surface area contributed by atoms with Crippen molar-refractivity contribution in [3.63, 3.8) is 0 Å². The van der Waals surface area contributed by atoms with Crippen LogP contribution in [0.1, 0.15) is 21.5 Å². The van der Waals surface area contributed by atoms with E-state index in [1.165, 1.54) is 13.0 Å². The minimum Gasteiger partial charge on any atom is -0.478 e. The van der Waals surface area contributed by atoms with E-state index < -0.39 is 23.3 Å². The number of carboxylic acids is 1. The molecule has 0 bridgehead atoms. The maximum Gasteiger partial charge on any atom is 0.417 e. The first-order valence-corrected chi connectivity index (χ1v) is 3.73. The molecule has 0 radical (unpaired) electrons. The fourth-order valence-electron chi connectivity index (χ4n) is 1.08. The minimum absolute atomic E-state index is 0.377. The third-order valence-corrected chi connectivity index (χ3v) is 1.71. The van der Waals surface area contributed by atoms with Gasteiger partial charge in [0.15, 0.2) is 0 Å². The summed E-state index contributed by atoms with van der Waals surface area (Å²) in [5.74, 6) is -1.57. The molecule has 2 nitrogen and oxygen atoms in total. The zero-order valence-electron chi connectivity index (χ0n) is 7.22. The number of hydrogen-bond donors (Lipinski definition) is 1. The fraction of sp³-hybridized carbons (Fsp3) is 0.222. The van der Waals surface area contributed by atoms with Crippen molar-refractivity contribution in [2.24, 2.45) is 0 Å². The van der Waals surface area contributed by atoms with E-state index in [9.17, 15) is 18.0 Å². The van der Waals surface area contributed by atoms with E-state index in [0.29, 0.717) is 5.56 Å². The van der Waals surface area contributed by atoms with Crippen molar-refractivity contribution in [1.82, 2.24) is 0 Å². The van der Waals surface area contributed by atoms with E-state index >= 15 is 0 Å². The zero-order valence-corrected chi connectivity index (χ0v) is 7.22. The Morgan fingerprint density at radius 2 is 1.93 bits per heavy atom. The van der Waals surface area contributed by atoms with Crippen molar-refractivity contribution in [3.8, 4) is 0 Å². The quantitative estimate of drug-likeness (QED) is 0.763. The molecule has 0 aromatic heterocycles. The standard InChI is InChI=1S/C9H7F3O2/c1-5-2-3-6(8(13)14)7(4-5)9(10,11)12/h2-4H,1H3,(H,13,14). The Morgan fingerprint density at radius 1 is 1.36 bits per heavy atom. The van der Waals surface area contributed by atoms with Gasteiger partial charge in [0, 0.05) is 0 Å². The number of alkyl halides is 3. The van der Waals surface area contributed by atoms with E-state index in [1.807, 2.05) is 0 Å². The minimum atomic E-state index is -4.63. The highest BCUT2D eigenvalue weighted by Gasteiger charge is 2.35. The van der Waals surface area contributed by atoms with Gasteiger partial charge < -0.3 is 5.11 Å². The van der Waals surface area contributed by atoms with Gasteiger partial charge in [0.05, 0.1) is 11.1 Å². The van der Waals surface area contributed by atoms with Gasteiger partial charge in [0.25, 0.3) is 0 Å². The van der Waals surface area contributed by atoms with Crippen molar-refractivity contribution in [1.29, 1.82) is 0 Å². The van der Waals surface area contributed by atoms with Gasteiger partial charge in [0.2, 0.25) is 0 Å². The second-order valence-electron chi connectivity index (χ2n) is 2.85. The van der Waals surface area contributed by atoms with Crippen molar-refractivity contribution in [2.75, 3.05) is 0 Å². The third-order valence-electron chi connectivity index (χ3n) is 1.71. The summed E-state index contributed by atoms with van der Waals surface area (Å²) < 4.78 is 37.0. The van der Waals surface area contributed by atoms with Crippen molar-refractivity contribution < 1.29 is 23.1 Å². The Morgan fingerprint density at radius 3 is 2.36 bits per heavy atom. The summed E-state index contributed by atoms with van der Waals surface area (Å²) >= 11 is 0. The van der Waals surface area contributed by atoms with E-state index in [-0.39, 0.29) is 0 Å². The molecular formula is C9H7F3O2. The normalized spacial score (nSPS) is 11.4. The summed E-state index contributed by atoms with van der Waals surface area (Å²) in [6.07, 6.45) is -4.63. The molecule has 0 amide bonds. The average molecular weight is 204 g/mol. The molecule has 0 spiro atoms. The monoisotopic (exact) mass is 204 g/mol. The highest BCUT2D eigenvalue weighted by atomic mass is 19.4. The van der Waals surface area contributed by atoms with Crippen LogP contribution in [0.4, 0.5) is 13.2 Å². The number of aryl methyl sites for hydroxylation is 1. The largest absolute Gasteiger partial charge is 0.478 e. The summed E-state index contributed by atoms with van der Waals surface area (Å²) in [6.45, 7) is 1.47. The van der Waals surface area contributed by atoms with Crippen LogP contribution in [0, 0.1) is 6.92 Å². The molecule has 1 rings (SSSR count). The summed E-state index contributed by atoms with van der Waals surface area (Å²) in [5, 5.41) is 8.52. The summed E-state index contributed by atoms with van der Waals surface area (Å²) in [5.41, 5.74) is -1.45. The lowest BCUT2D eigenvalue weighted by atomic mass is 10.0. The van der Waals surface area contributed by atoms with Crippen LogP contribution in [-0.2, 0) is 6.18 Å². The molecule has 0 aliphatic carbocycles. The Balaban J connectivity index is 3.38. The lowest BCUT2D eigenvalue weighted by Crippen LogP contribution is -2.12. The average Bonchev–Trinajstić information content (AvgIpc) is 2.01. The molecule has 0 aliphatic rings. The van der Waals surface area contributed by atoms with Crippen molar-refractivity contribution in [3.05, 3.63) is 34.9 Å². The number of rotatable bonds is 1. The van der Waals surface area contributed by atoms with Crippen LogP contribution >= 0.6 is 0 Å². The molecule has 1 N–H and O–H groups in total. The maximum absolute atomic E-state index is 12.3. The van der Waals surface area contributed by atoms with E-state index in [0.717, 1.165) is 12.1 Å². The molecule has 76 valence electrons. The molecule has 0 heterocycles. The van der Waals surface area contributed by atoms with E-state index in [4.69, 9.17) is 5.11 Å². The predicted molar refractivity (Wildman–Crippen MR) is 43.1 cm³/mol. The Labute approximate surface area is 78.0 Å². The molecule has 0 saturated carbocycles. The van der Waals surface area contributed by atoms with Crippen LogP contribution < -0.4 is 0 Å². The van der Waals surface area contributed by atoms with Crippen LogP contribution in [0.15, 0.2) is 18.2 Å². The van der Waals surface area contributed by atoms with E-state index in [1.54, 1.807) is 0 Å². The van der Waals surface area contributed by atoms with Crippen LogP contribution in [-0.4, -0.2) is 11.1 Å². The highest BCUT2D eigenvalue weighted by molar-refractivity contribution is 5.89. The summed E-state index contributed by atoms with van der Waals surface area (Å²) in [6, 6.07) is 3.11. The molecule has 0 fully saturated rings. The molecule has 5 heteroatoms. The topological polar surface area (TPSA) is 37.3 Å². The third kappa shape index (κ3) is 2.04. The van der Waals surface area contributed by atoms with Gasteiger partial charge >= 0.3 is 12.1 Å². The number of carboxylic acid groups (broad SMARTS) is 1. The fourth-order valence-corrected chi connectivity index (χ4v) is 1.08. The molecule has 0 atom stereocenters. The first kappa shape index (κ1) is 10.6. The summed E-state index contributed by atoms with van der Waals surface area (Å²) in [4.78, 5) is 10.5. The zero-order chi connectivity index (χ0) is 10.9. The number of hydrogen-bond acceptors (Lipinski definition) is 1. The van der Waals surface area contributed by atoms with Crippen LogP contribution in [0.5, 0.6) is 0 Å². The van der Waals surface area contributed by atoms with Gasteiger partial charge in [-0.2, -0.15) is 13.2 Å². The van der Waals surface area contributed by atoms with Crippen molar-refractivity contribution >= 4 is 5.97 Å². The van der Waals surface area contributed by atoms with Crippen molar-refractivity contribution in [2.45, 2.75) is 13.1 Å². The van der Waals surface area contributed by atoms with Crippen LogP contribution in [0.3, 0.4) is 0 Å². The van der Waals surface area contributed by atoms with Gasteiger partial charge in [-0.05, 0) is 19.1 Å². The van der Waals surface area contributed by atoms with Gasteiger partial charge in [-0.3, -0.25) is 0 Å². The SMILES string of the molecule is Cc1ccc(C(=O)O)c(C(F)(F)F)c1.